The number of nitrogens with zero attached hydrogens (tertiary/aromatic N) is 1. The van der Waals surface area contributed by atoms with Crippen LogP contribution in [0.5, 0.6) is 0 Å². The number of hydrogen-bond donors (Lipinski definition) is 2. The van der Waals surface area contributed by atoms with Gasteiger partial charge in [-0.2, -0.15) is 0 Å². The summed E-state index contributed by atoms with van der Waals surface area (Å²) < 4.78 is 5.66. The highest BCUT2D eigenvalue weighted by molar-refractivity contribution is 5.87. The van der Waals surface area contributed by atoms with Gasteiger partial charge in [0.2, 0.25) is 5.91 Å². The van der Waals surface area contributed by atoms with E-state index in [0.29, 0.717) is 19.4 Å². The van der Waals surface area contributed by atoms with Crippen LogP contribution in [0.15, 0.2) is 48.5 Å². The number of amides is 2. The van der Waals surface area contributed by atoms with Gasteiger partial charge < -0.3 is 20.1 Å². The first kappa shape index (κ1) is 24.8. The third kappa shape index (κ3) is 5.04. The molecule has 0 aromatic heterocycles. The summed E-state index contributed by atoms with van der Waals surface area (Å²) in [5.74, 6) is -1.91. The van der Waals surface area contributed by atoms with E-state index in [9.17, 15) is 19.5 Å². The maximum absolute atomic E-state index is 13.4. The van der Waals surface area contributed by atoms with E-state index in [4.69, 9.17) is 4.74 Å². The van der Waals surface area contributed by atoms with Crippen LogP contribution in [-0.4, -0.2) is 53.7 Å². The molecular weight excluding hydrogens is 444 g/mol. The Kier molecular flexibility index (Phi) is 7.43. The fourth-order valence-corrected chi connectivity index (χ4v) is 5.24. The van der Waals surface area contributed by atoms with E-state index in [0.717, 1.165) is 22.3 Å². The van der Waals surface area contributed by atoms with E-state index in [2.05, 4.69) is 29.6 Å². The molecule has 0 bridgehead atoms. The number of benzene rings is 2. The minimum Gasteiger partial charge on any atom is -0.481 e. The van der Waals surface area contributed by atoms with E-state index >= 15 is 0 Å². The summed E-state index contributed by atoms with van der Waals surface area (Å²) in [7, 11) is 0. The Balaban J connectivity index is 1.43. The molecule has 2 aromatic rings. The number of carbonyl (C=O) groups excluding carboxylic acids is 2. The van der Waals surface area contributed by atoms with Crippen molar-refractivity contribution in [1.29, 1.82) is 0 Å². The van der Waals surface area contributed by atoms with Crippen molar-refractivity contribution in [2.45, 2.75) is 45.6 Å². The lowest BCUT2D eigenvalue weighted by Gasteiger charge is -2.37. The molecule has 4 rings (SSSR count). The van der Waals surface area contributed by atoms with Crippen molar-refractivity contribution < 1.29 is 24.2 Å². The predicted octanol–water partition coefficient (Wildman–Crippen LogP) is 4.51. The Morgan fingerprint density at radius 2 is 1.69 bits per heavy atom. The summed E-state index contributed by atoms with van der Waals surface area (Å²) in [6, 6.07) is 15.5. The maximum Gasteiger partial charge on any atom is 0.407 e. The lowest BCUT2D eigenvalue weighted by atomic mass is 9.86. The average Bonchev–Trinajstić information content (AvgIpc) is 3.19. The molecule has 4 atom stereocenters. The zero-order chi connectivity index (χ0) is 25.1. The minimum atomic E-state index is -0.889. The van der Waals surface area contributed by atoms with Gasteiger partial charge in [0.1, 0.15) is 12.6 Å². The van der Waals surface area contributed by atoms with Crippen molar-refractivity contribution in [3.63, 3.8) is 0 Å². The van der Waals surface area contributed by atoms with Crippen LogP contribution >= 0.6 is 0 Å². The largest absolute Gasteiger partial charge is 0.481 e. The molecule has 35 heavy (non-hydrogen) atoms. The van der Waals surface area contributed by atoms with Crippen molar-refractivity contribution in [3.05, 3.63) is 59.7 Å². The Hall–Kier alpha value is -3.35. The molecule has 1 aliphatic heterocycles. The highest BCUT2D eigenvalue weighted by atomic mass is 16.5. The first-order chi connectivity index (χ1) is 16.8. The Labute approximate surface area is 206 Å². The van der Waals surface area contributed by atoms with Crippen LogP contribution in [0.4, 0.5) is 4.79 Å². The average molecular weight is 479 g/mol. The van der Waals surface area contributed by atoms with Gasteiger partial charge in [-0.1, -0.05) is 75.7 Å². The van der Waals surface area contributed by atoms with E-state index in [1.807, 2.05) is 45.0 Å². The van der Waals surface area contributed by atoms with Crippen LogP contribution < -0.4 is 5.32 Å². The van der Waals surface area contributed by atoms with Gasteiger partial charge in [0.15, 0.2) is 0 Å². The molecule has 1 heterocycles. The molecule has 0 spiro atoms. The number of hydrogen-bond acceptors (Lipinski definition) is 4. The number of carbonyl (C=O) groups is 3. The van der Waals surface area contributed by atoms with Gasteiger partial charge in [-0.3, -0.25) is 9.59 Å². The van der Waals surface area contributed by atoms with Crippen LogP contribution in [0.1, 0.15) is 50.7 Å². The first-order valence-corrected chi connectivity index (χ1v) is 12.4. The summed E-state index contributed by atoms with van der Waals surface area (Å²) >= 11 is 0. The van der Waals surface area contributed by atoms with E-state index in [-0.39, 0.29) is 36.8 Å². The summed E-state index contributed by atoms with van der Waals surface area (Å²) in [4.78, 5) is 39.4. The van der Waals surface area contributed by atoms with Gasteiger partial charge in [0.05, 0.1) is 5.92 Å². The van der Waals surface area contributed by atoms with Crippen molar-refractivity contribution in [3.8, 4) is 11.1 Å². The van der Waals surface area contributed by atoms with Crippen LogP contribution in [0.25, 0.3) is 11.1 Å². The molecule has 7 heteroatoms. The molecule has 1 aliphatic carbocycles. The molecular formula is C28H34N2O5. The minimum absolute atomic E-state index is 0.00805. The van der Waals surface area contributed by atoms with E-state index < -0.39 is 24.0 Å². The smallest absolute Gasteiger partial charge is 0.407 e. The Morgan fingerprint density at radius 1 is 1.09 bits per heavy atom. The molecule has 7 nitrogen and oxygen atoms in total. The number of alkyl carbamates (subject to hydrolysis) is 1. The van der Waals surface area contributed by atoms with Crippen molar-refractivity contribution in [2.75, 3.05) is 19.7 Å². The number of carboxylic acids is 1. The van der Waals surface area contributed by atoms with Crippen LogP contribution in [0.3, 0.4) is 0 Å². The van der Waals surface area contributed by atoms with Crippen molar-refractivity contribution in [2.24, 2.45) is 17.8 Å². The number of rotatable bonds is 7. The summed E-state index contributed by atoms with van der Waals surface area (Å²) in [6.07, 6.45) is 0.679. The first-order valence-electron chi connectivity index (χ1n) is 12.4. The predicted molar refractivity (Wildman–Crippen MR) is 133 cm³/mol. The quantitative estimate of drug-likeness (QED) is 0.611. The number of aliphatic carboxylic acids is 1. The molecule has 1 fully saturated rings. The molecule has 2 aliphatic rings. The third-order valence-corrected chi connectivity index (χ3v) is 7.68. The second kappa shape index (κ2) is 10.5. The normalized spacial score (nSPS) is 20.9. The van der Waals surface area contributed by atoms with Crippen LogP contribution in [0, 0.1) is 17.8 Å². The van der Waals surface area contributed by atoms with Gasteiger partial charge in [-0.25, -0.2) is 4.79 Å². The fraction of sp³-hybridized carbons (Fsp3) is 0.464. The Morgan fingerprint density at radius 3 is 2.26 bits per heavy atom. The van der Waals surface area contributed by atoms with Gasteiger partial charge in [-0.15, -0.1) is 0 Å². The lowest BCUT2D eigenvalue weighted by molar-refractivity contribution is -0.149. The molecule has 2 amide bonds. The molecule has 0 radical (unpaired) electrons. The molecule has 1 saturated heterocycles. The Bertz CT molecular complexity index is 1050. The summed E-state index contributed by atoms with van der Waals surface area (Å²) in [5.41, 5.74) is 4.55. The number of carboxylic acid groups (broad SMARTS) is 1. The summed E-state index contributed by atoms with van der Waals surface area (Å²) in [6.45, 7) is 6.60. The monoisotopic (exact) mass is 478 g/mol. The topological polar surface area (TPSA) is 95.9 Å². The van der Waals surface area contributed by atoms with Gasteiger partial charge in [0, 0.05) is 19.0 Å². The SMILES string of the molecule is CCC(C)[C@H](NC(=O)OCC1c2ccccc2-c2ccccc21)C(=O)N1CCC(C)C(C(=O)O)C1. The van der Waals surface area contributed by atoms with E-state index in [1.54, 1.807) is 4.90 Å². The highest BCUT2D eigenvalue weighted by Crippen LogP contribution is 2.44. The standard InChI is InChI=1S/C28H34N2O5/c1-4-17(2)25(26(31)30-14-13-18(3)23(15-30)27(32)33)29-28(34)35-16-24-21-11-7-5-9-19(21)20-10-6-8-12-22(20)24/h5-12,17-18,23-25H,4,13-16H2,1-3H3,(H,29,34)(H,32,33)/t17?,18?,23?,25-/m0/s1. The zero-order valence-electron chi connectivity index (χ0n) is 20.6. The van der Waals surface area contributed by atoms with E-state index in [1.165, 1.54) is 0 Å². The molecule has 0 saturated carbocycles. The number of piperidine rings is 1. The van der Waals surface area contributed by atoms with Gasteiger partial charge in [-0.05, 0) is 40.5 Å². The third-order valence-electron chi connectivity index (χ3n) is 7.68. The molecule has 186 valence electrons. The number of ether oxygens (including phenoxy) is 1. The van der Waals surface area contributed by atoms with Crippen LogP contribution in [-0.2, 0) is 14.3 Å². The maximum atomic E-state index is 13.4. The lowest BCUT2D eigenvalue weighted by Crippen LogP contribution is -2.55. The number of likely N-dealkylation sites (tertiary alicyclic amines) is 1. The van der Waals surface area contributed by atoms with Gasteiger partial charge >= 0.3 is 12.1 Å². The zero-order valence-corrected chi connectivity index (χ0v) is 20.6. The highest BCUT2D eigenvalue weighted by Gasteiger charge is 2.38. The van der Waals surface area contributed by atoms with Crippen molar-refractivity contribution in [1.82, 2.24) is 10.2 Å². The molecule has 2 aromatic carbocycles. The van der Waals surface area contributed by atoms with Crippen LogP contribution in [0.2, 0.25) is 0 Å². The number of nitrogens with one attached hydrogen (secondary N) is 1. The second-order valence-corrected chi connectivity index (χ2v) is 9.83. The number of fused-ring (bicyclic) bond motifs is 3. The summed E-state index contributed by atoms with van der Waals surface area (Å²) in [5, 5.41) is 12.3. The van der Waals surface area contributed by atoms with Crippen molar-refractivity contribution >= 4 is 18.0 Å². The second-order valence-electron chi connectivity index (χ2n) is 9.83. The fourth-order valence-electron chi connectivity index (χ4n) is 5.24. The van der Waals surface area contributed by atoms with Gasteiger partial charge in [0.25, 0.3) is 0 Å². The molecule has 2 N–H and O–H groups in total. The molecule has 3 unspecified atom stereocenters.